The number of alkyl halides is 1. The third kappa shape index (κ3) is 2.20. The van der Waals surface area contributed by atoms with Crippen LogP contribution in [0.5, 0.6) is 0 Å². The molecule has 0 N–H and O–H groups in total. The normalized spacial score (nSPS) is 10.2. The third-order valence-corrected chi connectivity index (χ3v) is 5.00. The Morgan fingerprint density at radius 2 is 1.73 bits per heavy atom. The molecule has 0 unspecified atom stereocenters. The Labute approximate surface area is 95.7 Å². The van der Waals surface area contributed by atoms with E-state index in [1.165, 1.54) is 0 Å². The van der Waals surface area contributed by atoms with Crippen molar-refractivity contribution in [1.82, 2.24) is 0 Å². The molecule has 0 saturated carbocycles. The quantitative estimate of drug-likeness (QED) is 0.501. The van der Waals surface area contributed by atoms with Crippen molar-refractivity contribution in [3.8, 4) is 0 Å². The second kappa shape index (κ2) is 4.26. The first kappa shape index (κ1) is 10.0. The second-order valence-corrected chi connectivity index (χ2v) is 4.68. The van der Waals surface area contributed by atoms with E-state index in [0.29, 0.717) is 5.88 Å². The molecular formula is C7H4Br3Cl. The average Bonchev–Trinajstić information content (AvgIpc) is 2.01. The summed E-state index contributed by atoms with van der Waals surface area (Å²) in [4.78, 5) is 0. The van der Waals surface area contributed by atoms with Crippen LogP contribution in [0.4, 0.5) is 0 Å². The van der Waals surface area contributed by atoms with Gasteiger partial charge in [0.05, 0.1) is 0 Å². The molecule has 1 aromatic rings. The summed E-state index contributed by atoms with van der Waals surface area (Å²) in [6.07, 6.45) is 0. The van der Waals surface area contributed by atoms with E-state index in [2.05, 4.69) is 47.8 Å². The fourth-order valence-corrected chi connectivity index (χ4v) is 2.52. The maximum Gasteiger partial charge on any atom is 0.0485 e. The van der Waals surface area contributed by atoms with E-state index < -0.39 is 0 Å². The number of hydrogen-bond donors (Lipinski definition) is 0. The zero-order chi connectivity index (χ0) is 8.43. The van der Waals surface area contributed by atoms with Crippen molar-refractivity contribution in [2.75, 3.05) is 0 Å². The van der Waals surface area contributed by atoms with Gasteiger partial charge in [0.15, 0.2) is 0 Å². The lowest BCUT2D eigenvalue weighted by Crippen LogP contribution is -1.82. The van der Waals surface area contributed by atoms with Gasteiger partial charge in [-0.05, 0) is 59.4 Å². The Kier molecular flexibility index (Phi) is 3.89. The molecule has 0 heterocycles. The summed E-state index contributed by atoms with van der Waals surface area (Å²) in [6.45, 7) is 0. The molecule has 60 valence electrons. The van der Waals surface area contributed by atoms with Crippen molar-refractivity contribution >= 4 is 59.4 Å². The van der Waals surface area contributed by atoms with E-state index in [4.69, 9.17) is 11.6 Å². The van der Waals surface area contributed by atoms with E-state index in [9.17, 15) is 0 Å². The van der Waals surface area contributed by atoms with Gasteiger partial charge < -0.3 is 0 Å². The fraction of sp³-hybridized carbons (Fsp3) is 0.143. The first-order chi connectivity index (χ1) is 5.16. The van der Waals surface area contributed by atoms with Gasteiger partial charge in [-0.25, -0.2) is 0 Å². The van der Waals surface area contributed by atoms with Crippen LogP contribution in [0.1, 0.15) is 5.56 Å². The Morgan fingerprint density at radius 1 is 1.09 bits per heavy atom. The summed E-state index contributed by atoms with van der Waals surface area (Å²) in [5, 5.41) is 0. The predicted molar refractivity (Wildman–Crippen MR) is 59.1 cm³/mol. The standard InChI is InChI=1S/C7H4Br3Cl/c8-5-2-1-4(3-11)6(9)7(5)10/h1-2H,3H2. The zero-order valence-electron chi connectivity index (χ0n) is 5.37. The van der Waals surface area contributed by atoms with E-state index in [-0.39, 0.29) is 0 Å². The first-order valence-corrected chi connectivity index (χ1v) is 5.76. The molecule has 1 rings (SSSR count). The summed E-state index contributed by atoms with van der Waals surface area (Å²) in [5.41, 5.74) is 1.08. The maximum atomic E-state index is 5.69. The van der Waals surface area contributed by atoms with Crippen molar-refractivity contribution in [2.45, 2.75) is 5.88 Å². The highest BCUT2D eigenvalue weighted by Gasteiger charge is 2.05. The van der Waals surface area contributed by atoms with Crippen LogP contribution in [0.2, 0.25) is 0 Å². The molecule has 0 atom stereocenters. The van der Waals surface area contributed by atoms with Gasteiger partial charge in [0.2, 0.25) is 0 Å². The van der Waals surface area contributed by atoms with Gasteiger partial charge in [0.1, 0.15) is 0 Å². The van der Waals surface area contributed by atoms with Gasteiger partial charge in [-0.15, -0.1) is 11.6 Å². The van der Waals surface area contributed by atoms with Crippen molar-refractivity contribution in [3.05, 3.63) is 31.1 Å². The molecule has 0 fully saturated rings. The minimum absolute atomic E-state index is 0.520. The van der Waals surface area contributed by atoms with Crippen LogP contribution in [0.15, 0.2) is 25.6 Å². The minimum Gasteiger partial charge on any atom is -0.122 e. The molecule has 0 amide bonds. The van der Waals surface area contributed by atoms with Crippen LogP contribution >= 0.6 is 59.4 Å². The van der Waals surface area contributed by atoms with E-state index in [1.54, 1.807) is 0 Å². The fourth-order valence-electron chi connectivity index (χ4n) is 0.669. The lowest BCUT2D eigenvalue weighted by molar-refractivity contribution is 1.34. The topological polar surface area (TPSA) is 0 Å². The Morgan fingerprint density at radius 3 is 2.27 bits per heavy atom. The summed E-state index contributed by atoms with van der Waals surface area (Å²) < 4.78 is 3.05. The van der Waals surface area contributed by atoms with Crippen molar-refractivity contribution in [1.29, 1.82) is 0 Å². The molecule has 0 bridgehead atoms. The molecule has 4 heteroatoms. The van der Waals surface area contributed by atoms with E-state index in [0.717, 1.165) is 19.0 Å². The molecule has 0 spiro atoms. The smallest absolute Gasteiger partial charge is 0.0485 e. The number of hydrogen-bond acceptors (Lipinski definition) is 0. The van der Waals surface area contributed by atoms with Crippen LogP contribution in [0.3, 0.4) is 0 Å². The van der Waals surface area contributed by atoms with Crippen LogP contribution < -0.4 is 0 Å². The summed E-state index contributed by atoms with van der Waals surface area (Å²) in [7, 11) is 0. The molecule has 0 saturated heterocycles. The maximum absolute atomic E-state index is 5.69. The molecule has 0 nitrogen and oxygen atoms in total. The molecule has 0 aliphatic rings. The van der Waals surface area contributed by atoms with E-state index in [1.807, 2.05) is 12.1 Å². The molecule has 11 heavy (non-hydrogen) atoms. The van der Waals surface area contributed by atoms with Crippen molar-refractivity contribution in [2.24, 2.45) is 0 Å². The Bertz CT molecular complexity index is 273. The van der Waals surface area contributed by atoms with Crippen LogP contribution in [0.25, 0.3) is 0 Å². The molecule has 0 aromatic heterocycles. The summed E-state index contributed by atoms with van der Waals surface area (Å²) >= 11 is 15.9. The van der Waals surface area contributed by atoms with Gasteiger partial charge in [-0.2, -0.15) is 0 Å². The Hall–Kier alpha value is 0.950. The summed E-state index contributed by atoms with van der Waals surface area (Å²) in [6, 6.07) is 3.94. The lowest BCUT2D eigenvalue weighted by Gasteiger charge is -2.03. The monoisotopic (exact) mass is 360 g/mol. The number of halogens is 4. The minimum atomic E-state index is 0.520. The highest BCUT2D eigenvalue weighted by Crippen LogP contribution is 2.34. The van der Waals surface area contributed by atoms with Gasteiger partial charge in [-0.3, -0.25) is 0 Å². The predicted octanol–water partition coefficient (Wildman–Crippen LogP) is 4.71. The van der Waals surface area contributed by atoms with Crippen molar-refractivity contribution < 1.29 is 0 Å². The zero-order valence-corrected chi connectivity index (χ0v) is 10.9. The molecule has 1 aromatic carbocycles. The van der Waals surface area contributed by atoms with E-state index >= 15 is 0 Å². The van der Waals surface area contributed by atoms with Gasteiger partial charge >= 0.3 is 0 Å². The summed E-state index contributed by atoms with van der Waals surface area (Å²) in [5.74, 6) is 0.520. The molecule has 0 aliphatic heterocycles. The SMILES string of the molecule is ClCc1ccc(Br)c(Br)c1Br. The van der Waals surface area contributed by atoms with Gasteiger partial charge in [0.25, 0.3) is 0 Å². The first-order valence-electron chi connectivity index (χ1n) is 2.85. The van der Waals surface area contributed by atoms with Gasteiger partial charge in [-0.1, -0.05) is 6.07 Å². The number of benzene rings is 1. The molecular weight excluding hydrogens is 359 g/mol. The van der Waals surface area contributed by atoms with Gasteiger partial charge in [0, 0.05) is 19.3 Å². The second-order valence-electron chi connectivity index (χ2n) is 1.97. The van der Waals surface area contributed by atoms with Crippen LogP contribution in [-0.2, 0) is 5.88 Å². The lowest BCUT2D eigenvalue weighted by atomic mass is 10.2. The highest BCUT2D eigenvalue weighted by molar-refractivity contribution is 9.14. The molecule has 0 aliphatic carbocycles. The highest BCUT2D eigenvalue weighted by atomic mass is 79.9. The Balaban J connectivity index is 3.25. The van der Waals surface area contributed by atoms with Crippen LogP contribution in [-0.4, -0.2) is 0 Å². The average molecular weight is 363 g/mol. The third-order valence-electron chi connectivity index (χ3n) is 1.26. The number of rotatable bonds is 1. The van der Waals surface area contributed by atoms with Crippen LogP contribution in [0, 0.1) is 0 Å². The van der Waals surface area contributed by atoms with Crippen molar-refractivity contribution in [3.63, 3.8) is 0 Å². The molecule has 0 radical (unpaired) electrons. The largest absolute Gasteiger partial charge is 0.122 e.